The van der Waals surface area contributed by atoms with Gasteiger partial charge in [0.25, 0.3) is 0 Å². The van der Waals surface area contributed by atoms with E-state index in [0.29, 0.717) is 24.2 Å². The van der Waals surface area contributed by atoms with E-state index in [1.807, 2.05) is 61.0 Å². The Bertz CT molecular complexity index is 2220. The number of hydrogen-bond donors (Lipinski definition) is 0. The first-order valence-electron chi connectivity index (χ1n) is 16.8. The van der Waals surface area contributed by atoms with Crippen LogP contribution in [0.3, 0.4) is 0 Å². The van der Waals surface area contributed by atoms with Crippen molar-refractivity contribution in [2.24, 2.45) is 0 Å². The third kappa shape index (κ3) is 6.46. The fraction of sp³-hybridized carbons (Fsp3) is 0.186. The molecule has 0 spiro atoms. The van der Waals surface area contributed by atoms with Crippen molar-refractivity contribution >= 4 is 39.8 Å². The number of nitrogens with zero attached hydrogens (tertiary/aromatic N) is 4. The van der Waals surface area contributed by atoms with E-state index in [9.17, 15) is 0 Å². The lowest BCUT2D eigenvalue weighted by atomic mass is 9.91. The van der Waals surface area contributed by atoms with E-state index in [-0.39, 0.29) is 5.78 Å². The number of ketones is 1. The topological polar surface area (TPSA) is 49.3 Å². The number of fused-ring (bicyclic) bond motifs is 2. The van der Waals surface area contributed by atoms with E-state index < -0.39 is 0 Å². The molecule has 0 radical (unpaired) electrons. The molecule has 0 unspecified atom stereocenters. The summed E-state index contributed by atoms with van der Waals surface area (Å²) in [6.07, 6.45) is 1.80. The predicted molar refractivity (Wildman–Crippen MR) is 204 cm³/mol. The standard InChI is InChI=1S/C43H34N4OS2/c1-29-44-37(27-49-29)19-17-33-13-7-15-39(41(33)46-23-21-31-9-3-5-11-35(31)25-46)43(48)40-16-8-14-34(18-20-38-28-50-30(2)45-38)42(40)47-24-22-32-10-4-6-12-36(32)26-47/h3-16,27-28H,21-26H2,1-2H3. The average molecular weight is 687 g/mol. The van der Waals surface area contributed by atoms with Crippen molar-refractivity contribution in [1.29, 1.82) is 0 Å². The number of aryl methyl sites for hydroxylation is 2. The van der Waals surface area contributed by atoms with E-state index in [4.69, 9.17) is 0 Å². The molecular formula is C43H34N4OS2. The zero-order valence-electron chi connectivity index (χ0n) is 28.0. The highest BCUT2D eigenvalue weighted by molar-refractivity contribution is 7.09. The lowest BCUT2D eigenvalue weighted by Gasteiger charge is -2.34. The summed E-state index contributed by atoms with van der Waals surface area (Å²) in [4.78, 5) is 29.0. The number of carbonyl (C=O) groups is 1. The zero-order valence-corrected chi connectivity index (χ0v) is 29.6. The van der Waals surface area contributed by atoms with Crippen molar-refractivity contribution < 1.29 is 4.79 Å². The summed E-state index contributed by atoms with van der Waals surface area (Å²) >= 11 is 3.18. The van der Waals surface area contributed by atoms with Crippen LogP contribution >= 0.6 is 22.7 Å². The third-order valence-electron chi connectivity index (χ3n) is 9.34. The number of hydrogen-bond acceptors (Lipinski definition) is 7. The Labute approximate surface area is 301 Å². The first-order valence-corrected chi connectivity index (χ1v) is 18.6. The van der Waals surface area contributed by atoms with Crippen LogP contribution < -0.4 is 9.80 Å². The van der Waals surface area contributed by atoms with Crippen LogP contribution in [0, 0.1) is 37.5 Å². The molecule has 244 valence electrons. The molecule has 0 N–H and O–H groups in total. The van der Waals surface area contributed by atoms with Gasteiger partial charge in [0, 0.05) is 59.2 Å². The quantitative estimate of drug-likeness (QED) is 0.138. The minimum Gasteiger partial charge on any atom is -0.365 e. The summed E-state index contributed by atoms with van der Waals surface area (Å²) < 4.78 is 0. The molecule has 4 aromatic carbocycles. The van der Waals surface area contributed by atoms with Gasteiger partial charge in [0.05, 0.1) is 21.4 Å². The maximum Gasteiger partial charge on any atom is 0.197 e. The van der Waals surface area contributed by atoms with Crippen LogP contribution in [0.2, 0.25) is 0 Å². The molecule has 2 aliphatic heterocycles. The maximum atomic E-state index is 15.2. The molecule has 0 amide bonds. The minimum atomic E-state index is -0.0333. The average Bonchev–Trinajstić information content (AvgIpc) is 3.78. The van der Waals surface area contributed by atoms with Crippen LogP contribution in [-0.2, 0) is 25.9 Å². The minimum absolute atomic E-state index is 0.0333. The Morgan fingerprint density at radius 3 is 1.44 bits per heavy atom. The number of rotatable bonds is 4. The Hall–Kier alpha value is -5.47. The lowest BCUT2D eigenvalue weighted by Crippen LogP contribution is -2.33. The Morgan fingerprint density at radius 1 is 0.580 bits per heavy atom. The van der Waals surface area contributed by atoms with Gasteiger partial charge in [0.15, 0.2) is 5.78 Å². The first kappa shape index (κ1) is 31.8. The normalized spacial score (nSPS) is 13.4. The number of aromatic nitrogens is 2. The monoisotopic (exact) mass is 686 g/mol. The summed E-state index contributed by atoms with van der Waals surface area (Å²) in [6.45, 7) is 6.97. The number of thiazole rings is 2. The van der Waals surface area contributed by atoms with Gasteiger partial charge < -0.3 is 9.80 Å². The second kappa shape index (κ2) is 13.8. The molecule has 5 nitrogen and oxygen atoms in total. The molecule has 0 atom stereocenters. The Balaban J connectivity index is 1.27. The number of carbonyl (C=O) groups excluding carboxylic acids is 1. The molecule has 0 fully saturated rings. The Kier molecular flexibility index (Phi) is 8.77. The second-order valence-corrected chi connectivity index (χ2v) is 14.7. The fourth-order valence-electron chi connectivity index (χ4n) is 6.96. The zero-order chi connectivity index (χ0) is 34.0. The smallest absolute Gasteiger partial charge is 0.197 e. The summed E-state index contributed by atoms with van der Waals surface area (Å²) in [5.41, 5.74) is 11.4. The maximum absolute atomic E-state index is 15.2. The third-order valence-corrected chi connectivity index (χ3v) is 10.9. The molecule has 0 aliphatic carbocycles. The van der Waals surface area contributed by atoms with E-state index in [1.165, 1.54) is 22.3 Å². The predicted octanol–water partition coefficient (Wildman–Crippen LogP) is 8.37. The van der Waals surface area contributed by atoms with Crippen LogP contribution in [0.1, 0.15) is 70.7 Å². The van der Waals surface area contributed by atoms with E-state index in [1.54, 1.807) is 22.7 Å². The molecule has 2 aromatic heterocycles. The molecule has 2 aliphatic rings. The van der Waals surface area contributed by atoms with Crippen LogP contribution in [0.4, 0.5) is 11.4 Å². The molecule has 0 saturated heterocycles. The van der Waals surface area contributed by atoms with E-state index in [0.717, 1.165) is 69.8 Å². The van der Waals surface area contributed by atoms with Gasteiger partial charge in [-0.1, -0.05) is 72.5 Å². The van der Waals surface area contributed by atoms with Crippen LogP contribution in [0.25, 0.3) is 0 Å². The van der Waals surface area contributed by atoms with Gasteiger partial charge in [-0.05, 0) is 85.0 Å². The second-order valence-electron chi connectivity index (χ2n) is 12.6. The summed E-state index contributed by atoms with van der Waals surface area (Å²) in [5.74, 6) is 13.4. The van der Waals surface area contributed by atoms with Crippen molar-refractivity contribution in [3.8, 4) is 23.7 Å². The molecule has 0 saturated carbocycles. The molecular weight excluding hydrogens is 653 g/mol. The molecule has 6 aromatic rings. The highest BCUT2D eigenvalue weighted by atomic mass is 32.1. The van der Waals surface area contributed by atoms with Crippen LogP contribution in [-0.4, -0.2) is 28.8 Å². The largest absolute Gasteiger partial charge is 0.365 e. The van der Waals surface area contributed by atoms with Gasteiger partial charge in [0.1, 0.15) is 11.4 Å². The van der Waals surface area contributed by atoms with Gasteiger partial charge >= 0.3 is 0 Å². The molecule has 50 heavy (non-hydrogen) atoms. The Morgan fingerprint density at radius 2 is 1.02 bits per heavy atom. The van der Waals surface area contributed by atoms with Crippen molar-refractivity contribution in [3.05, 3.63) is 162 Å². The molecule has 4 heterocycles. The van der Waals surface area contributed by atoms with Crippen molar-refractivity contribution in [2.75, 3.05) is 22.9 Å². The van der Waals surface area contributed by atoms with Gasteiger partial charge in [0.2, 0.25) is 0 Å². The van der Waals surface area contributed by atoms with Crippen molar-refractivity contribution in [1.82, 2.24) is 9.97 Å². The molecule has 8 rings (SSSR count). The van der Waals surface area contributed by atoms with Crippen molar-refractivity contribution in [2.45, 2.75) is 39.8 Å². The van der Waals surface area contributed by atoms with Crippen molar-refractivity contribution in [3.63, 3.8) is 0 Å². The number of benzene rings is 4. The van der Waals surface area contributed by atoms with E-state index >= 15 is 4.79 Å². The SMILES string of the molecule is Cc1nc(C#Cc2cccc(C(=O)c3cccc(C#Cc4csc(C)n4)c3N3CCc4ccccc4C3)c2N2CCc3ccccc3C2)cs1. The summed E-state index contributed by atoms with van der Waals surface area (Å²) in [7, 11) is 0. The number of para-hydroxylation sites is 2. The summed E-state index contributed by atoms with van der Waals surface area (Å²) in [5, 5.41) is 5.92. The molecule has 7 heteroatoms. The lowest BCUT2D eigenvalue weighted by molar-refractivity contribution is 0.103. The van der Waals surface area contributed by atoms with E-state index in [2.05, 4.69) is 92.0 Å². The van der Waals surface area contributed by atoms with Gasteiger partial charge in [-0.25, -0.2) is 9.97 Å². The van der Waals surface area contributed by atoms with Gasteiger partial charge in [-0.2, -0.15) is 0 Å². The summed E-state index contributed by atoms with van der Waals surface area (Å²) in [6, 6.07) is 29.1. The first-order chi connectivity index (χ1) is 24.5. The highest BCUT2D eigenvalue weighted by Gasteiger charge is 2.28. The fourth-order valence-corrected chi connectivity index (χ4v) is 8.05. The van der Waals surface area contributed by atoms with Gasteiger partial charge in [-0.3, -0.25) is 4.79 Å². The number of anilines is 2. The van der Waals surface area contributed by atoms with Gasteiger partial charge in [-0.15, -0.1) is 22.7 Å². The molecule has 0 bridgehead atoms. The van der Waals surface area contributed by atoms with Crippen LogP contribution in [0.15, 0.2) is 95.7 Å². The highest BCUT2D eigenvalue weighted by Crippen LogP contribution is 2.36. The van der Waals surface area contributed by atoms with Crippen LogP contribution in [0.5, 0.6) is 0 Å².